The molecule has 0 saturated carbocycles. The van der Waals surface area contributed by atoms with Crippen LogP contribution in [0.4, 0.5) is 0 Å². The molecule has 0 fully saturated rings. The molecule has 0 unspecified atom stereocenters. The van der Waals surface area contributed by atoms with E-state index in [2.05, 4.69) is 87.5 Å². The minimum atomic E-state index is 0.805. The molecule has 3 rings (SSSR count). The second-order valence-corrected chi connectivity index (χ2v) is 9.60. The average Bonchev–Trinajstić information content (AvgIpc) is 2.89. The Kier molecular flexibility index (Phi) is 11.7. The highest BCUT2D eigenvalue weighted by molar-refractivity contribution is 5.74. The summed E-state index contributed by atoms with van der Waals surface area (Å²) in [7, 11) is 0. The molecule has 0 amide bonds. The van der Waals surface area contributed by atoms with Gasteiger partial charge in [-0.3, -0.25) is 0 Å². The van der Waals surface area contributed by atoms with Crippen molar-refractivity contribution < 1.29 is 9.47 Å². The van der Waals surface area contributed by atoms with Gasteiger partial charge in [0.2, 0.25) is 0 Å². The summed E-state index contributed by atoms with van der Waals surface area (Å²) in [5.74, 6) is 1.92. The zero-order valence-corrected chi connectivity index (χ0v) is 22.2. The molecule has 188 valence electrons. The normalized spacial score (nSPS) is 10.9. The smallest absolute Gasteiger partial charge is 0.119 e. The number of hydrogen-bond acceptors (Lipinski definition) is 2. The van der Waals surface area contributed by atoms with Crippen LogP contribution in [-0.4, -0.2) is 13.2 Å². The van der Waals surface area contributed by atoms with E-state index in [-0.39, 0.29) is 0 Å². The molecule has 0 heterocycles. The lowest BCUT2D eigenvalue weighted by molar-refractivity contribution is 0.304. The van der Waals surface area contributed by atoms with Crippen LogP contribution in [0.2, 0.25) is 0 Å². The average molecular weight is 473 g/mol. The molecule has 0 aliphatic carbocycles. The number of rotatable bonds is 16. The zero-order chi connectivity index (χ0) is 24.7. The summed E-state index contributed by atoms with van der Waals surface area (Å²) >= 11 is 0. The number of unbranched alkanes of at least 4 members (excludes halogenated alkanes) is 8. The maximum atomic E-state index is 5.93. The fourth-order valence-corrected chi connectivity index (χ4v) is 4.43. The van der Waals surface area contributed by atoms with E-state index in [1.165, 1.54) is 79.2 Å². The Balaban J connectivity index is 1.51. The van der Waals surface area contributed by atoms with Crippen molar-refractivity contribution in [3.8, 4) is 33.8 Å². The molecule has 0 saturated heterocycles. The van der Waals surface area contributed by atoms with E-state index in [1.807, 2.05) is 0 Å². The van der Waals surface area contributed by atoms with E-state index >= 15 is 0 Å². The number of benzene rings is 3. The third-order valence-corrected chi connectivity index (χ3v) is 6.61. The summed E-state index contributed by atoms with van der Waals surface area (Å²) in [5.41, 5.74) is 6.23. The molecule has 0 aliphatic heterocycles. The summed E-state index contributed by atoms with van der Waals surface area (Å²) in [4.78, 5) is 0. The molecule has 2 nitrogen and oxygen atoms in total. The van der Waals surface area contributed by atoms with Gasteiger partial charge in [0.1, 0.15) is 11.5 Å². The van der Waals surface area contributed by atoms with Crippen LogP contribution >= 0.6 is 0 Å². The van der Waals surface area contributed by atoms with Crippen LogP contribution < -0.4 is 9.47 Å². The Bertz CT molecular complexity index is 973. The van der Waals surface area contributed by atoms with E-state index < -0.39 is 0 Å². The second kappa shape index (κ2) is 15.3. The summed E-state index contributed by atoms with van der Waals surface area (Å²) in [6.45, 7) is 8.30. The molecular weight excluding hydrogens is 428 g/mol. The zero-order valence-electron chi connectivity index (χ0n) is 22.2. The van der Waals surface area contributed by atoms with Crippen LogP contribution in [0.3, 0.4) is 0 Å². The molecule has 35 heavy (non-hydrogen) atoms. The maximum absolute atomic E-state index is 5.93. The van der Waals surface area contributed by atoms with Gasteiger partial charge in [-0.2, -0.15) is 0 Å². The Hall–Kier alpha value is -2.74. The topological polar surface area (TPSA) is 18.5 Å². The van der Waals surface area contributed by atoms with Crippen molar-refractivity contribution in [2.75, 3.05) is 13.2 Å². The molecule has 0 N–H and O–H groups in total. The van der Waals surface area contributed by atoms with Gasteiger partial charge in [-0.25, -0.2) is 0 Å². The molecular formula is C33H44O2. The quantitative estimate of drug-likeness (QED) is 0.193. The minimum Gasteiger partial charge on any atom is -0.494 e. The standard InChI is InChI=1S/C33H44O2/c1-4-6-8-10-12-24-34-31-19-14-28(15-20-31)30-18-23-33(27(3)26-30)29-16-21-32(22-17-29)35-25-13-11-9-7-5-2/h14-23,26H,4-13,24-25H2,1-3H3. The largest absolute Gasteiger partial charge is 0.494 e. The van der Waals surface area contributed by atoms with Gasteiger partial charge >= 0.3 is 0 Å². The van der Waals surface area contributed by atoms with Crippen LogP contribution in [0.1, 0.15) is 83.6 Å². The predicted octanol–water partition coefficient (Wildman–Crippen LogP) is 10.0. The summed E-state index contributed by atoms with van der Waals surface area (Å²) in [6.07, 6.45) is 12.6. The Labute approximate surface area is 213 Å². The van der Waals surface area contributed by atoms with Crippen molar-refractivity contribution in [1.82, 2.24) is 0 Å². The number of ether oxygens (including phenoxy) is 2. The van der Waals surface area contributed by atoms with E-state index in [9.17, 15) is 0 Å². The van der Waals surface area contributed by atoms with Crippen molar-refractivity contribution in [3.05, 3.63) is 72.3 Å². The van der Waals surface area contributed by atoms with E-state index in [0.717, 1.165) is 37.6 Å². The SMILES string of the molecule is CCCCCCCOc1ccc(-c2ccc(-c3ccc(OCCCCCCC)cc3)c(C)c2)cc1. The fourth-order valence-electron chi connectivity index (χ4n) is 4.43. The predicted molar refractivity (Wildman–Crippen MR) is 151 cm³/mol. The summed E-state index contributed by atoms with van der Waals surface area (Å²) in [5, 5.41) is 0. The van der Waals surface area contributed by atoms with E-state index in [0.29, 0.717) is 0 Å². The lowest BCUT2D eigenvalue weighted by Gasteiger charge is -2.12. The van der Waals surface area contributed by atoms with Gasteiger partial charge in [0.25, 0.3) is 0 Å². The van der Waals surface area contributed by atoms with Crippen molar-refractivity contribution in [2.24, 2.45) is 0 Å². The molecule has 0 bridgehead atoms. The molecule has 0 radical (unpaired) electrons. The van der Waals surface area contributed by atoms with Crippen LogP contribution in [-0.2, 0) is 0 Å². The number of hydrogen-bond donors (Lipinski definition) is 0. The highest BCUT2D eigenvalue weighted by Crippen LogP contribution is 2.30. The van der Waals surface area contributed by atoms with E-state index in [4.69, 9.17) is 9.47 Å². The summed E-state index contributed by atoms with van der Waals surface area (Å²) < 4.78 is 11.9. The third-order valence-electron chi connectivity index (χ3n) is 6.61. The van der Waals surface area contributed by atoms with Gasteiger partial charge in [0.15, 0.2) is 0 Å². The Morgan fingerprint density at radius 2 is 0.943 bits per heavy atom. The minimum absolute atomic E-state index is 0.805. The summed E-state index contributed by atoms with van der Waals surface area (Å²) in [6, 6.07) is 23.8. The maximum Gasteiger partial charge on any atom is 0.119 e. The second-order valence-electron chi connectivity index (χ2n) is 9.60. The Morgan fingerprint density at radius 3 is 1.43 bits per heavy atom. The molecule has 3 aromatic carbocycles. The molecule has 0 aromatic heterocycles. The highest BCUT2D eigenvalue weighted by Gasteiger charge is 2.06. The van der Waals surface area contributed by atoms with Crippen molar-refractivity contribution in [3.63, 3.8) is 0 Å². The van der Waals surface area contributed by atoms with Crippen LogP contribution in [0, 0.1) is 6.92 Å². The molecule has 0 atom stereocenters. The molecule has 0 aliphatic rings. The van der Waals surface area contributed by atoms with Gasteiger partial charge in [-0.1, -0.05) is 108 Å². The van der Waals surface area contributed by atoms with Crippen LogP contribution in [0.25, 0.3) is 22.3 Å². The van der Waals surface area contributed by atoms with Gasteiger partial charge in [0.05, 0.1) is 13.2 Å². The van der Waals surface area contributed by atoms with Gasteiger partial charge in [-0.15, -0.1) is 0 Å². The van der Waals surface area contributed by atoms with Crippen molar-refractivity contribution in [1.29, 1.82) is 0 Å². The fraction of sp³-hybridized carbons (Fsp3) is 0.455. The molecule has 3 aromatic rings. The van der Waals surface area contributed by atoms with E-state index in [1.54, 1.807) is 0 Å². The lowest BCUT2D eigenvalue weighted by Crippen LogP contribution is -1.97. The first-order valence-electron chi connectivity index (χ1n) is 13.8. The van der Waals surface area contributed by atoms with Gasteiger partial charge in [0, 0.05) is 0 Å². The third kappa shape index (κ3) is 9.09. The molecule has 2 heteroatoms. The van der Waals surface area contributed by atoms with Gasteiger partial charge < -0.3 is 9.47 Å². The van der Waals surface area contributed by atoms with Crippen molar-refractivity contribution >= 4 is 0 Å². The van der Waals surface area contributed by atoms with Gasteiger partial charge in [-0.05, 0) is 71.8 Å². The monoisotopic (exact) mass is 472 g/mol. The first-order valence-corrected chi connectivity index (χ1v) is 13.8. The van der Waals surface area contributed by atoms with Crippen LogP contribution in [0.5, 0.6) is 11.5 Å². The number of aryl methyl sites for hydroxylation is 1. The van der Waals surface area contributed by atoms with Crippen molar-refractivity contribution in [2.45, 2.75) is 85.0 Å². The molecule has 0 spiro atoms. The highest BCUT2D eigenvalue weighted by atomic mass is 16.5. The Morgan fingerprint density at radius 1 is 0.486 bits per heavy atom. The van der Waals surface area contributed by atoms with Crippen LogP contribution in [0.15, 0.2) is 66.7 Å². The first-order chi connectivity index (χ1) is 17.2. The lowest BCUT2D eigenvalue weighted by atomic mass is 9.96. The first kappa shape index (κ1) is 26.9.